The van der Waals surface area contributed by atoms with Gasteiger partial charge in [0.2, 0.25) is 0 Å². The summed E-state index contributed by atoms with van der Waals surface area (Å²) >= 11 is 0. The van der Waals surface area contributed by atoms with Gasteiger partial charge in [-0.2, -0.15) is 5.26 Å². The Hall–Kier alpha value is -4.57. The molecule has 0 saturated heterocycles. The van der Waals surface area contributed by atoms with Gasteiger partial charge < -0.3 is 19.4 Å². The van der Waals surface area contributed by atoms with Crippen molar-refractivity contribution in [3.05, 3.63) is 117 Å². The van der Waals surface area contributed by atoms with Crippen LogP contribution in [0.5, 0.6) is 0 Å². The van der Waals surface area contributed by atoms with Crippen molar-refractivity contribution in [2.75, 3.05) is 0 Å². The van der Waals surface area contributed by atoms with E-state index in [0.717, 1.165) is 44.8 Å². The maximum Gasteiger partial charge on any atom is 0.355 e. The number of nitrogens with one attached hydrogen (secondary N) is 2. The molecule has 2 aromatic carbocycles. The van der Waals surface area contributed by atoms with Crippen molar-refractivity contribution in [2.45, 2.75) is 66.1 Å². The Balaban J connectivity index is 1.66. The number of ether oxygens (including phenoxy) is 2. The molecule has 0 bridgehead atoms. The lowest BCUT2D eigenvalue weighted by atomic mass is 9.89. The van der Waals surface area contributed by atoms with Gasteiger partial charge in [-0.05, 0) is 60.1 Å². The second-order valence-electron chi connectivity index (χ2n) is 9.78. The Kier molecular flexibility index (Phi) is 9.23. The molecular weight excluding hydrogens is 502 g/mol. The summed E-state index contributed by atoms with van der Waals surface area (Å²) in [6, 6.07) is 21.4. The monoisotopic (exact) mass is 537 g/mol. The molecule has 2 heterocycles. The van der Waals surface area contributed by atoms with E-state index in [0.29, 0.717) is 24.2 Å². The van der Waals surface area contributed by atoms with Crippen molar-refractivity contribution in [1.82, 2.24) is 9.97 Å². The molecule has 4 aromatic rings. The first-order chi connectivity index (χ1) is 19.4. The molecular formula is C33H35N3O4. The van der Waals surface area contributed by atoms with Crippen molar-refractivity contribution in [2.24, 2.45) is 0 Å². The number of benzene rings is 2. The average molecular weight is 538 g/mol. The van der Waals surface area contributed by atoms with E-state index in [1.165, 1.54) is 0 Å². The lowest BCUT2D eigenvalue weighted by Crippen LogP contribution is -2.10. The van der Waals surface area contributed by atoms with E-state index in [9.17, 15) is 14.9 Å². The lowest BCUT2D eigenvalue weighted by molar-refractivity contribution is 0.0457. The van der Waals surface area contributed by atoms with Gasteiger partial charge in [0.15, 0.2) is 0 Å². The molecule has 0 aliphatic carbocycles. The van der Waals surface area contributed by atoms with E-state index in [1.54, 1.807) is 0 Å². The van der Waals surface area contributed by atoms with Crippen molar-refractivity contribution >= 4 is 11.9 Å². The SMILES string of the molecule is CCc1c(C(CC#N)c2[nH]c(C(=O)OCc3ccccc3)c(C)c2CC)[nH]c(C(=O)OCc2ccccc2)c1C. The molecule has 0 amide bonds. The minimum atomic E-state index is -0.443. The van der Waals surface area contributed by atoms with E-state index in [2.05, 4.69) is 16.0 Å². The molecule has 40 heavy (non-hydrogen) atoms. The number of aromatic amines is 2. The second kappa shape index (κ2) is 13.0. The molecule has 0 aliphatic rings. The maximum atomic E-state index is 13.1. The fourth-order valence-corrected chi connectivity index (χ4v) is 5.26. The molecule has 0 atom stereocenters. The lowest BCUT2D eigenvalue weighted by Gasteiger charge is -2.16. The van der Waals surface area contributed by atoms with Gasteiger partial charge in [-0.25, -0.2) is 9.59 Å². The van der Waals surface area contributed by atoms with E-state index < -0.39 is 17.9 Å². The highest BCUT2D eigenvalue weighted by Crippen LogP contribution is 2.36. The van der Waals surface area contributed by atoms with Crippen LogP contribution in [0.4, 0.5) is 0 Å². The molecule has 0 fully saturated rings. The molecule has 206 valence electrons. The molecule has 0 radical (unpaired) electrons. The third kappa shape index (κ3) is 6.02. The topological polar surface area (TPSA) is 108 Å². The second-order valence-corrected chi connectivity index (χ2v) is 9.78. The van der Waals surface area contributed by atoms with E-state index in [-0.39, 0.29) is 19.6 Å². The minimum Gasteiger partial charge on any atom is -0.456 e. The minimum absolute atomic E-state index is 0.164. The molecule has 2 N–H and O–H groups in total. The van der Waals surface area contributed by atoms with Crippen molar-refractivity contribution in [1.29, 1.82) is 5.26 Å². The van der Waals surface area contributed by atoms with Crippen LogP contribution in [0, 0.1) is 25.2 Å². The van der Waals surface area contributed by atoms with E-state index in [4.69, 9.17) is 9.47 Å². The Morgan fingerprint density at radius 2 is 1.15 bits per heavy atom. The van der Waals surface area contributed by atoms with E-state index in [1.807, 2.05) is 88.4 Å². The van der Waals surface area contributed by atoms with Crippen LogP contribution in [-0.2, 0) is 35.5 Å². The molecule has 2 aromatic heterocycles. The molecule has 0 saturated carbocycles. The van der Waals surface area contributed by atoms with Crippen LogP contribution in [0.1, 0.15) is 91.9 Å². The third-order valence-corrected chi connectivity index (χ3v) is 7.36. The first kappa shape index (κ1) is 28.4. The number of esters is 2. The highest BCUT2D eigenvalue weighted by molar-refractivity contribution is 5.91. The smallest absolute Gasteiger partial charge is 0.355 e. The summed E-state index contributed by atoms with van der Waals surface area (Å²) in [5.41, 5.74) is 7.69. The zero-order valence-electron chi connectivity index (χ0n) is 23.5. The van der Waals surface area contributed by atoms with E-state index >= 15 is 0 Å². The van der Waals surface area contributed by atoms with Crippen LogP contribution in [0.15, 0.2) is 60.7 Å². The number of hydrogen-bond acceptors (Lipinski definition) is 5. The van der Waals surface area contributed by atoms with Crippen molar-refractivity contribution in [3.8, 4) is 6.07 Å². The van der Waals surface area contributed by atoms with Crippen LogP contribution >= 0.6 is 0 Å². The Labute approximate surface area is 235 Å². The van der Waals surface area contributed by atoms with Gasteiger partial charge in [-0.15, -0.1) is 0 Å². The molecule has 4 rings (SSSR count). The number of hydrogen-bond donors (Lipinski definition) is 2. The third-order valence-electron chi connectivity index (χ3n) is 7.36. The Morgan fingerprint density at radius 1 is 0.750 bits per heavy atom. The van der Waals surface area contributed by atoms with Gasteiger partial charge >= 0.3 is 11.9 Å². The maximum absolute atomic E-state index is 13.1. The zero-order chi connectivity index (χ0) is 28.6. The number of carbonyl (C=O) groups is 2. The van der Waals surface area contributed by atoms with Crippen molar-refractivity contribution < 1.29 is 19.1 Å². The number of nitriles is 1. The largest absolute Gasteiger partial charge is 0.456 e. The highest BCUT2D eigenvalue weighted by Gasteiger charge is 2.30. The molecule has 7 nitrogen and oxygen atoms in total. The summed E-state index contributed by atoms with van der Waals surface area (Å²) in [6.45, 7) is 8.18. The van der Waals surface area contributed by atoms with Crippen LogP contribution in [0.3, 0.4) is 0 Å². The average Bonchev–Trinajstić information content (AvgIpc) is 3.50. The number of nitrogens with zero attached hydrogens (tertiary/aromatic N) is 1. The zero-order valence-corrected chi connectivity index (χ0v) is 23.5. The fraction of sp³-hybridized carbons (Fsp3) is 0.303. The predicted octanol–water partition coefficient (Wildman–Crippen LogP) is 6.84. The predicted molar refractivity (Wildman–Crippen MR) is 153 cm³/mol. The Morgan fingerprint density at radius 3 is 1.50 bits per heavy atom. The summed E-state index contributed by atoms with van der Waals surface area (Å²) < 4.78 is 11.2. The standard InChI is InChI=1S/C33H35N3O4/c1-5-25-21(3)28(32(37)39-19-23-13-9-7-10-14-23)35-30(25)27(17-18-34)31-26(6-2)22(4)29(36-31)33(38)40-20-24-15-11-8-12-16-24/h7-16,27,35-36H,5-6,17,19-20H2,1-4H3. The highest BCUT2D eigenvalue weighted by atomic mass is 16.5. The summed E-state index contributed by atoms with van der Waals surface area (Å²) in [5, 5.41) is 9.82. The fourth-order valence-electron chi connectivity index (χ4n) is 5.26. The number of rotatable bonds is 11. The summed E-state index contributed by atoms with van der Waals surface area (Å²) in [5.74, 6) is -1.28. The Bertz CT molecular complexity index is 1400. The molecule has 7 heteroatoms. The summed E-state index contributed by atoms with van der Waals surface area (Å²) in [4.78, 5) is 32.8. The first-order valence-electron chi connectivity index (χ1n) is 13.6. The van der Waals surface area contributed by atoms with Crippen LogP contribution < -0.4 is 0 Å². The molecule has 0 aliphatic heterocycles. The van der Waals surface area contributed by atoms with Gasteiger partial charge in [-0.3, -0.25) is 0 Å². The normalized spacial score (nSPS) is 10.9. The van der Waals surface area contributed by atoms with Crippen LogP contribution in [0.2, 0.25) is 0 Å². The van der Waals surface area contributed by atoms with Crippen LogP contribution in [0.25, 0.3) is 0 Å². The number of aromatic nitrogens is 2. The molecule has 0 spiro atoms. The molecule has 0 unspecified atom stereocenters. The number of H-pyrrole nitrogens is 2. The first-order valence-corrected chi connectivity index (χ1v) is 13.6. The van der Waals surface area contributed by atoms with Gasteiger partial charge in [-0.1, -0.05) is 74.5 Å². The number of carbonyl (C=O) groups excluding carboxylic acids is 2. The van der Waals surface area contributed by atoms with Gasteiger partial charge in [0.25, 0.3) is 0 Å². The van der Waals surface area contributed by atoms with Gasteiger partial charge in [0, 0.05) is 17.8 Å². The van der Waals surface area contributed by atoms with Gasteiger partial charge in [0.1, 0.15) is 24.6 Å². The quantitative estimate of drug-likeness (QED) is 0.204. The van der Waals surface area contributed by atoms with Gasteiger partial charge in [0.05, 0.1) is 12.0 Å². The summed E-state index contributed by atoms with van der Waals surface area (Å²) in [7, 11) is 0. The van der Waals surface area contributed by atoms with Crippen molar-refractivity contribution in [3.63, 3.8) is 0 Å². The summed E-state index contributed by atoms with van der Waals surface area (Å²) in [6.07, 6.45) is 1.49. The van der Waals surface area contributed by atoms with Crippen LogP contribution in [-0.4, -0.2) is 21.9 Å².